The average Bonchev–Trinajstić information content (AvgIpc) is 2.78. The number of hydrogen-bond acceptors (Lipinski definition) is 4. The largest absolute Gasteiger partial charge is 0.495 e. The van der Waals surface area contributed by atoms with Gasteiger partial charge in [0.15, 0.2) is 0 Å². The lowest BCUT2D eigenvalue weighted by Gasteiger charge is -2.33. The van der Waals surface area contributed by atoms with Crippen LogP contribution in [0, 0.1) is 6.92 Å². The van der Waals surface area contributed by atoms with Gasteiger partial charge in [0.2, 0.25) is 15.9 Å². The summed E-state index contributed by atoms with van der Waals surface area (Å²) in [6.07, 6.45) is 4.51. The lowest BCUT2D eigenvalue weighted by molar-refractivity contribution is -0.116. The van der Waals surface area contributed by atoms with E-state index in [1.165, 1.54) is 17.0 Å². The molecule has 0 unspecified atom stereocenters. The molecule has 0 radical (unpaired) electrons. The van der Waals surface area contributed by atoms with Crippen LogP contribution >= 0.6 is 0 Å². The third-order valence-electron chi connectivity index (χ3n) is 6.05. The second-order valence-corrected chi connectivity index (χ2v) is 10.7. The molecule has 0 aliphatic heterocycles. The summed E-state index contributed by atoms with van der Waals surface area (Å²) in [6.45, 7) is 5.84. The van der Waals surface area contributed by atoms with Crippen molar-refractivity contribution in [3.8, 4) is 5.75 Å². The van der Waals surface area contributed by atoms with Crippen molar-refractivity contribution < 1.29 is 17.9 Å². The molecule has 0 spiro atoms. The van der Waals surface area contributed by atoms with Crippen LogP contribution in [-0.2, 0) is 14.8 Å². The van der Waals surface area contributed by atoms with Crippen LogP contribution in [0.2, 0.25) is 0 Å². The van der Waals surface area contributed by atoms with Gasteiger partial charge in [0, 0.05) is 11.7 Å². The fraction of sp³-hybridized carbons (Fsp3) is 0.480. The second-order valence-electron chi connectivity index (χ2n) is 8.82. The minimum atomic E-state index is -3.92. The lowest BCUT2D eigenvalue weighted by Crippen LogP contribution is -2.45. The summed E-state index contributed by atoms with van der Waals surface area (Å²) in [5, 5.41) is 2.86. The molecule has 1 fully saturated rings. The van der Waals surface area contributed by atoms with Gasteiger partial charge in [0.25, 0.3) is 0 Å². The third kappa shape index (κ3) is 5.70. The van der Waals surface area contributed by atoms with E-state index in [2.05, 4.69) is 19.2 Å². The van der Waals surface area contributed by atoms with E-state index >= 15 is 0 Å². The first-order chi connectivity index (χ1) is 15.2. The topological polar surface area (TPSA) is 75.7 Å². The van der Waals surface area contributed by atoms with E-state index < -0.39 is 10.0 Å². The van der Waals surface area contributed by atoms with Crippen molar-refractivity contribution >= 4 is 21.6 Å². The zero-order chi connectivity index (χ0) is 23.3. The molecule has 0 saturated heterocycles. The Morgan fingerprint density at radius 2 is 1.75 bits per heavy atom. The molecule has 1 aliphatic rings. The van der Waals surface area contributed by atoms with Crippen molar-refractivity contribution in [2.24, 2.45) is 0 Å². The first kappa shape index (κ1) is 24.3. The molecule has 1 saturated carbocycles. The number of amides is 1. The quantitative estimate of drug-likeness (QED) is 0.598. The Morgan fingerprint density at radius 3 is 2.34 bits per heavy atom. The summed E-state index contributed by atoms with van der Waals surface area (Å²) >= 11 is 0. The molecular weight excluding hydrogens is 424 g/mol. The number of ether oxygens (including phenoxy) is 1. The highest BCUT2D eigenvalue weighted by molar-refractivity contribution is 7.89. The number of aryl methyl sites for hydroxylation is 1. The van der Waals surface area contributed by atoms with E-state index in [4.69, 9.17) is 4.74 Å². The normalized spacial score (nSPS) is 15.2. The Bertz CT molecular complexity index is 1030. The SMILES string of the molecule is COc1ccc(C)cc1S(=O)(=O)N(CC(=O)Nc1ccc(C(C)C)cc1)C1CCCCC1. The highest BCUT2D eigenvalue weighted by atomic mass is 32.2. The van der Waals surface area contributed by atoms with Gasteiger partial charge in [-0.2, -0.15) is 4.31 Å². The molecule has 1 aliphatic carbocycles. The van der Waals surface area contributed by atoms with Crippen molar-refractivity contribution in [1.82, 2.24) is 4.31 Å². The van der Waals surface area contributed by atoms with Gasteiger partial charge in [-0.15, -0.1) is 0 Å². The van der Waals surface area contributed by atoms with Gasteiger partial charge in [0.1, 0.15) is 10.6 Å². The number of anilines is 1. The van der Waals surface area contributed by atoms with Gasteiger partial charge in [0.05, 0.1) is 13.7 Å². The third-order valence-corrected chi connectivity index (χ3v) is 7.97. The van der Waals surface area contributed by atoms with E-state index in [0.29, 0.717) is 17.4 Å². The predicted octanol–water partition coefficient (Wildman–Crippen LogP) is 5.09. The van der Waals surface area contributed by atoms with Crippen LogP contribution in [0.3, 0.4) is 0 Å². The van der Waals surface area contributed by atoms with E-state index in [0.717, 1.165) is 37.7 Å². The summed E-state index contributed by atoms with van der Waals surface area (Å²) < 4.78 is 34.2. The van der Waals surface area contributed by atoms with E-state index in [-0.39, 0.29) is 23.4 Å². The number of carbonyl (C=O) groups excluding carboxylic acids is 1. The standard InChI is InChI=1S/C25H34N2O4S/c1-18(2)20-11-13-21(14-12-20)26-25(28)17-27(22-8-6-5-7-9-22)32(29,30)24-16-19(3)10-15-23(24)31-4/h10-16,18,22H,5-9,17H2,1-4H3,(H,26,28). The smallest absolute Gasteiger partial charge is 0.247 e. The number of sulfonamides is 1. The Labute approximate surface area is 192 Å². The fourth-order valence-electron chi connectivity index (χ4n) is 4.18. The molecule has 2 aromatic rings. The Morgan fingerprint density at radius 1 is 1.09 bits per heavy atom. The Kier molecular flexibility index (Phi) is 7.96. The molecule has 6 nitrogen and oxygen atoms in total. The van der Waals surface area contributed by atoms with Crippen molar-refractivity contribution in [3.63, 3.8) is 0 Å². The fourth-order valence-corrected chi connectivity index (χ4v) is 6.07. The summed E-state index contributed by atoms with van der Waals surface area (Å²) in [4.78, 5) is 13.0. The number of nitrogens with zero attached hydrogens (tertiary/aromatic N) is 1. The maximum Gasteiger partial charge on any atom is 0.247 e. The number of rotatable bonds is 8. The minimum absolute atomic E-state index is 0.111. The molecule has 1 amide bonds. The first-order valence-electron chi connectivity index (χ1n) is 11.3. The van der Waals surface area contributed by atoms with E-state index in [1.54, 1.807) is 12.1 Å². The van der Waals surface area contributed by atoms with Gasteiger partial charge in [-0.25, -0.2) is 8.42 Å². The predicted molar refractivity (Wildman–Crippen MR) is 128 cm³/mol. The summed E-state index contributed by atoms with van der Waals surface area (Å²) in [5.41, 5.74) is 2.66. The average molecular weight is 459 g/mol. The summed E-state index contributed by atoms with van der Waals surface area (Å²) in [5.74, 6) is 0.347. The number of methoxy groups -OCH3 is 1. The van der Waals surface area contributed by atoms with Crippen LogP contribution in [0.1, 0.15) is 63.0 Å². The van der Waals surface area contributed by atoms with Crippen molar-refractivity contribution in [2.45, 2.75) is 69.7 Å². The zero-order valence-electron chi connectivity index (χ0n) is 19.4. The van der Waals surface area contributed by atoms with Gasteiger partial charge in [-0.1, -0.05) is 51.3 Å². The Hall–Kier alpha value is -2.38. The van der Waals surface area contributed by atoms with Gasteiger partial charge >= 0.3 is 0 Å². The van der Waals surface area contributed by atoms with Gasteiger partial charge in [-0.3, -0.25) is 4.79 Å². The molecule has 7 heteroatoms. The van der Waals surface area contributed by atoms with Crippen molar-refractivity contribution in [1.29, 1.82) is 0 Å². The zero-order valence-corrected chi connectivity index (χ0v) is 20.2. The highest BCUT2D eigenvalue weighted by Crippen LogP contribution is 2.32. The van der Waals surface area contributed by atoms with Gasteiger partial charge < -0.3 is 10.1 Å². The molecule has 0 bridgehead atoms. The van der Waals surface area contributed by atoms with Crippen LogP contribution in [0.4, 0.5) is 5.69 Å². The van der Waals surface area contributed by atoms with Crippen LogP contribution in [0.25, 0.3) is 0 Å². The number of hydrogen-bond donors (Lipinski definition) is 1. The molecule has 32 heavy (non-hydrogen) atoms. The first-order valence-corrected chi connectivity index (χ1v) is 12.7. The van der Waals surface area contributed by atoms with Crippen LogP contribution in [0.15, 0.2) is 47.4 Å². The summed E-state index contributed by atoms with van der Waals surface area (Å²) in [6, 6.07) is 12.6. The second kappa shape index (κ2) is 10.5. The van der Waals surface area contributed by atoms with Crippen molar-refractivity contribution in [2.75, 3.05) is 19.0 Å². The number of nitrogens with one attached hydrogen (secondary N) is 1. The summed E-state index contributed by atoms with van der Waals surface area (Å²) in [7, 11) is -2.46. The molecule has 174 valence electrons. The Balaban J connectivity index is 1.87. The van der Waals surface area contributed by atoms with E-state index in [1.807, 2.05) is 37.3 Å². The van der Waals surface area contributed by atoms with E-state index in [9.17, 15) is 13.2 Å². The number of benzene rings is 2. The molecule has 3 rings (SSSR count). The molecule has 0 heterocycles. The monoisotopic (exact) mass is 458 g/mol. The highest BCUT2D eigenvalue weighted by Gasteiger charge is 2.35. The maximum absolute atomic E-state index is 13.7. The minimum Gasteiger partial charge on any atom is -0.495 e. The van der Waals surface area contributed by atoms with Gasteiger partial charge in [-0.05, 0) is 61.1 Å². The molecule has 0 aromatic heterocycles. The lowest BCUT2D eigenvalue weighted by atomic mass is 9.95. The molecule has 2 aromatic carbocycles. The van der Waals surface area contributed by atoms with Crippen molar-refractivity contribution in [3.05, 3.63) is 53.6 Å². The molecule has 0 atom stereocenters. The molecular formula is C25H34N2O4S. The van der Waals surface area contributed by atoms with Crippen LogP contribution < -0.4 is 10.1 Å². The van der Waals surface area contributed by atoms with Crippen LogP contribution in [-0.4, -0.2) is 38.3 Å². The number of carbonyl (C=O) groups is 1. The maximum atomic E-state index is 13.7. The van der Waals surface area contributed by atoms with Crippen LogP contribution in [0.5, 0.6) is 5.75 Å². The molecule has 1 N–H and O–H groups in total.